The van der Waals surface area contributed by atoms with Crippen molar-refractivity contribution in [1.82, 2.24) is 4.98 Å². The van der Waals surface area contributed by atoms with E-state index in [1.807, 2.05) is 0 Å². The fraction of sp³-hybridized carbons (Fsp3) is 0.379. The lowest BCUT2D eigenvalue weighted by atomic mass is 10.0. The lowest BCUT2D eigenvalue weighted by Crippen LogP contribution is -2.17. The van der Waals surface area contributed by atoms with E-state index >= 15 is 0 Å². The van der Waals surface area contributed by atoms with Crippen LogP contribution in [0.1, 0.15) is 53.3 Å². The number of nitrogens with one attached hydrogen (secondary N) is 1. The van der Waals surface area contributed by atoms with Crippen molar-refractivity contribution < 1.29 is 32.5 Å². The van der Waals surface area contributed by atoms with Crippen LogP contribution in [0.2, 0.25) is 10.0 Å². The number of H-pyrrole nitrogens is 1. The Kier molecular flexibility index (Phi) is 8.89. The van der Waals surface area contributed by atoms with Crippen LogP contribution < -0.4 is 25.5 Å². The van der Waals surface area contributed by atoms with Crippen molar-refractivity contribution in [3.05, 3.63) is 79.7 Å². The third-order valence-electron chi connectivity index (χ3n) is 6.87. The van der Waals surface area contributed by atoms with Crippen LogP contribution >= 0.6 is 23.2 Å². The number of ether oxygens (including phenoxy) is 4. The van der Waals surface area contributed by atoms with E-state index in [1.54, 1.807) is 6.07 Å². The molecule has 218 valence electrons. The van der Waals surface area contributed by atoms with Crippen LogP contribution in [0, 0.1) is 11.8 Å². The van der Waals surface area contributed by atoms with Gasteiger partial charge < -0.3 is 29.7 Å². The summed E-state index contributed by atoms with van der Waals surface area (Å²) in [6, 6.07) is 8.84. The van der Waals surface area contributed by atoms with Crippen molar-refractivity contribution in [2.45, 2.75) is 44.8 Å². The molecule has 1 atom stereocenters. The molecule has 1 aromatic heterocycles. The van der Waals surface area contributed by atoms with E-state index in [2.05, 4.69) is 9.72 Å². The first-order valence-electron chi connectivity index (χ1n) is 13.2. The number of nitrogen functional groups attached to an aromatic ring is 1. The van der Waals surface area contributed by atoms with Crippen LogP contribution in [0.3, 0.4) is 0 Å². The quantitative estimate of drug-likeness (QED) is 0.166. The van der Waals surface area contributed by atoms with Gasteiger partial charge in [0.05, 0.1) is 29.5 Å². The lowest BCUT2D eigenvalue weighted by Gasteiger charge is -2.22. The van der Waals surface area contributed by atoms with Crippen LogP contribution in [0.15, 0.2) is 47.4 Å². The van der Waals surface area contributed by atoms with Crippen molar-refractivity contribution in [1.29, 1.82) is 0 Å². The van der Waals surface area contributed by atoms with Gasteiger partial charge in [-0.3, -0.25) is 4.79 Å². The van der Waals surface area contributed by atoms with Gasteiger partial charge in [0.25, 0.3) is 5.56 Å². The third kappa shape index (κ3) is 7.62. The zero-order valence-electron chi connectivity index (χ0n) is 21.8. The molecule has 1 heterocycles. The second-order valence-electron chi connectivity index (χ2n) is 10.2. The highest BCUT2D eigenvalue weighted by Gasteiger charge is 2.27. The molecule has 2 saturated carbocycles. The fourth-order valence-corrected chi connectivity index (χ4v) is 4.63. The van der Waals surface area contributed by atoms with E-state index in [0.29, 0.717) is 42.0 Å². The largest absolute Gasteiger partial charge is 0.491 e. The number of hydrogen-bond acceptors (Lipinski definition) is 7. The molecule has 0 saturated heterocycles. The summed E-state index contributed by atoms with van der Waals surface area (Å²) in [4.78, 5) is 28.0. The van der Waals surface area contributed by atoms with E-state index in [4.69, 9.17) is 43.1 Å². The summed E-state index contributed by atoms with van der Waals surface area (Å²) in [5, 5.41) is -0.00795. The molecule has 41 heavy (non-hydrogen) atoms. The normalized spacial score (nSPS) is 15.4. The maximum Gasteiger partial charge on any atom is 0.387 e. The predicted octanol–water partition coefficient (Wildman–Crippen LogP) is 6.58. The summed E-state index contributed by atoms with van der Waals surface area (Å²) in [6.45, 7) is -2.23. The van der Waals surface area contributed by atoms with Crippen molar-refractivity contribution in [2.24, 2.45) is 11.8 Å². The number of alkyl halides is 2. The van der Waals surface area contributed by atoms with Gasteiger partial charge in [0.15, 0.2) is 11.5 Å². The van der Waals surface area contributed by atoms with Gasteiger partial charge in [0.2, 0.25) is 0 Å². The minimum absolute atomic E-state index is 0.0714. The van der Waals surface area contributed by atoms with Gasteiger partial charge in [0, 0.05) is 18.2 Å². The number of nitrogens with two attached hydrogens (primary N) is 1. The Balaban J connectivity index is 1.46. The molecule has 3 aromatic rings. The molecule has 0 aliphatic heterocycles. The molecule has 0 radical (unpaired) electrons. The van der Waals surface area contributed by atoms with Crippen molar-refractivity contribution in [2.75, 3.05) is 18.9 Å². The van der Waals surface area contributed by atoms with Gasteiger partial charge >= 0.3 is 12.6 Å². The Morgan fingerprint density at radius 1 is 0.976 bits per heavy atom. The van der Waals surface area contributed by atoms with Crippen molar-refractivity contribution in [3.8, 4) is 17.2 Å². The molecule has 12 heteroatoms. The van der Waals surface area contributed by atoms with E-state index < -0.39 is 24.2 Å². The maximum atomic E-state index is 13.4. The Morgan fingerprint density at radius 3 is 2.32 bits per heavy atom. The molecule has 0 spiro atoms. The number of halogens is 4. The Bertz CT molecular complexity index is 1480. The number of hydrogen-bond donors (Lipinski definition) is 2. The monoisotopic (exact) mass is 608 g/mol. The van der Waals surface area contributed by atoms with Crippen LogP contribution in [-0.4, -0.2) is 30.8 Å². The first kappa shape index (κ1) is 29.0. The Labute approximate surface area is 244 Å². The van der Waals surface area contributed by atoms with Crippen LogP contribution in [0.5, 0.6) is 17.2 Å². The van der Waals surface area contributed by atoms with E-state index in [1.165, 1.54) is 36.5 Å². The number of rotatable bonds is 13. The van der Waals surface area contributed by atoms with Crippen molar-refractivity contribution in [3.63, 3.8) is 0 Å². The summed E-state index contributed by atoms with van der Waals surface area (Å²) in [5.74, 6) is 0.387. The molecule has 2 fully saturated rings. The van der Waals surface area contributed by atoms with Gasteiger partial charge in [0.1, 0.15) is 16.9 Å². The number of carbonyl (C=O) groups is 1. The zero-order chi connectivity index (χ0) is 29.1. The van der Waals surface area contributed by atoms with Crippen LogP contribution in [0.25, 0.3) is 0 Å². The summed E-state index contributed by atoms with van der Waals surface area (Å²) < 4.78 is 48.3. The first-order chi connectivity index (χ1) is 19.7. The van der Waals surface area contributed by atoms with Crippen LogP contribution in [-0.2, 0) is 11.2 Å². The molecular formula is C29H28Cl2F2N2O6. The predicted molar refractivity (Wildman–Crippen MR) is 149 cm³/mol. The first-order valence-corrected chi connectivity index (χ1v) is 13.9. The fourth-order valence-electron chi connectivity index (χ4n) is 4.12. The smallest absolute Gasteiger partial charge is 0.387 e. The second kappa shape index (κ2) is 12.6. The molecule has 0 unspecified atom stereocenters. The molecule has 0 amide bonds. The zero-order valence-corrected chi connectivity index (χ0v) is 23.4. The molecule has 2 aliphatic rings. The van der Waals surface area contributed by atoms with Crippen LogP contribution in [0.4, 0.5) is 14.5 Å². The van der Waals surface area contributed by atoms with Gasteiger partial charge in [-0.2, -0.15) is 8.78 Å². The standard InChI is InChI=1S/C29H28Cl2F2N2O6/c30-20-12-35-27(36)26(31)19(20)11-23(17-6-8-22(41-29(32)33)25(9-17)39-14-16-3-4-16)40-28(37)18-5-7-21(34)24(10-18)38-13-15-1-2-15/h5-10,12,15-16,23,29H,1-4,11,13-14,34H2,(H,35,36)/t23-/m0/s1. The van der Waals surface area contributed by atoms with E-state index in [9.17, 15) is 18.4 Å². The van der Waals surface area contributed by atoms with Gasteiger partial charge in [-0.05, 0) is 73.4 Å². The minimum Gasteiger partial charge on any atom is -0.491 e. The summed E-state index contributed by atoms with van der Waals surface area (Å²) >= 11 is 12.6. The molecular weight excluding hydrogens is 581 g/mol. The average Bonchev–Trinajstić information content (AvgIpc) is 3.87. The lowest BCUT2D eigenvalue weighted by molar-refractivity contribution is -0.0515. The number of benzene rings is 2. The highest BCUT2D eigenvalue weighted by atomic mass is 35.5. The van der Waals surface area contributed by atoms with E-state index in [-0.39, 0.29) is 39.1 Å². The molecule has 8 nitrogen and oxygen atoms in total. The second-order valence-corrected chi connectivity index (χ2v) is 11.0. The molecule has 2 aromatic carbocycles. The number of esters is 1. The highest BCUT2D eigenvalue weighted by molar-refractivity contribution is 6.35. The number of carbonyl (C=O) groups excluding carboxylic acids is 1. The Hall–Kier alpha value is -3.50. The summed E-state index contributed by atoms with van der Waals surface area (Å²) in [7, 11) is 0. The molecule has 3 N–H and O–H groups in total. The molecule has 5 rings (SSSR count). The number of aromatic nitrogens is 1. The summed E-state index contributed by atoms with van der Waals surface area (Å²) in [6.07, 6.45) is 4.30. The number of pyridine rings is 1. The van der Waals surface area contributed by atoms with Gasteiger partial charge in [-0.25, -0.2) is 4.79 Å². The SMILES string of the molecule is Nc1ccc(C(=O)O[C@@H](Cc2c(Cl)c[nH]c(=O)c2Cl)c2ccc(OC(F)F)c(OCC3CC3)c2)cc1OCC1CC1. The highest BCUT2D eigenvalue weighted by Crippen LogP contribution is 2.38. The van der Waals surface area contributed by atoms with Gasteiger partial charge in [-0.1, -0.05) is 29.3 Å². The topological polar surface area (TPSA) is 113 Å². The maximum absolute atomic E-state index is 13.4. The minimum atomic E-state index is -3.06. The van der Waals surface area contributed by atoms with E-state index in [0.717, 1.165) is 25.7 Å². The molecule has 2 aliphatic carbocycles. The van der Waals surface area contributed by atoms with Gasteiger partial charge in [-0.15, -0.1) is 0 Å². The number of aromatic amines is 1. The summed E-state index contributed by atoms with van der Waals surface area (Å²) in [5.41, 5.74) is 6.67. The Morgan fingerprint density at radius 2 is 1.66 bits per heavy atom. The number of anilines is 1. The molecule has 0 bridgehead atoms. The third-order valence-corrected chi connectivity index (χ3v) is 7.61. The average molecular weight is 609 g/mol. The van der Waals surface area contributed by atoms with Crippen molar-refractivity contribution >= 4 is 34.9 Å².